The zero-order valence-corrected chi connectivity index (χ0v) is 27.2. The molecule has 10 heteroatoms. The molecule has 0 saturated heterocycles. The molecule has 0 saturated carbocycles. The van der Waals surface area contributed by atoms with Gasteiger partial charge in [-0.15, -0.1) is 0 Å². The minimum Gasteiger partial charge on any atom is -0.435 e. The predicted molar refractivity (Wildman–Crippen MR) is 177 cm³/mol. The highest BCUT2D eigenvalue weighted by molar-refractivity contribution is 5.68. The number of nitrogens with zero attached hydrogens (tertiary/aromatic N) is 3. The molecule has 0 spiro atoms. The fraction of sp³-hybridized carbons (Fsp3) is 0.289. The van der Waals surface area contributed by atoms with E-state index < -0.39 is 24.2 Å². The Kier molecular flexibility index (Phi) is 12.9. The van der Waals surface area contributed by atoms with E-state index in [4.69, 9.17) is 4.98 Å². The van der Waals surface area contributed by atoms with Gasteiger partial charge in [-0.25, -0.2) is 9.37 Å². The van der Waals surface area contributed by atoms with E-state index in [0.29, 0.717) is 12.6 Å². The number of alkyl halides is 5. The lowest BCUT2D eigenvalue weighted by Crippen LogP contribution is -2.25. The number of ether oxygens (including phenoxy) is 1. The number of halogens is 6. The fourth-order valence-electron chi connectivity index (χ4n) is 5.25. The molecule has 0 bridgehead atoms. The van der Waals surface area contributed by atoms with Crippen molar-refractivity contribution in [1.82, 2.24) is 14.5 Å². The van der Waals surface area contributed by atoms with Gasteiger partial charge in [-0.2, -0.15) is 22.0 Å². The van der Waals surface area contributed by atoms with Gasteiger partial charge in [-0.05, 0) is 36.2 Å². The van der Waals surface area contributed by atoms with Crippen LogP contribution in [0, 0.1) is 5.82 Å². The highest BCUT2D eigenvalue weighted by atomic mass is 19.4. The van der Waals surface area contributed by atoms with E-state index in [1.165, 1.54) is 18.6 Å². The second-order valence-electron chi connectivity index (χ2n) is 11.3. The van der Waals surface area contributed by atoms with E-state index in [-0.39, 0.29) is 30.9 Å². The summed E-state index contributed by atoms with van der Waals surface area (Å²) in [7, 11) is 0. The Bertz CT molecular complexity index is 1700. The Hall–Kier alpha value is -4.57. The highest BCUT2D eigenvalue weighted by Gasteiger charge is 2.31. The molecular formula is C38H39F6N3O. The minimum absolute atomic E-state index is 0.00558. The van der Waals surface area contributed by atoms with Crippen molar-refractivity contribution >= 4 is 0 Å². The molecule has 0 amide bonds. The molecule has 0 radical (unpaired) electrons. The molecule has 5 aromatic rings. The lowest BCUT2D eigenvalue weighted by atomic mass is 10.1. The largest absolute Gasteiger partial charge is 0.435 e. The van der Waals surface area contributed by atoms with E-state index in [1.807, 2.05) is 65.6 Å². The molecule has 0 aliphatic heterocycles. The first-order valence-electron chi connectivity index (χ1n) is 15.9. The van der Waals surface area contributed by atoms with Gasteiger partial charge in [0.2, 0.25) is 0 Å². The van der Waals surface area contributed by atoms with Crippen LogP contribution < -0.4 is 4.74 Å². The van der Waals surface area contributed by atoms with Crippen molar-refractivity contribution in [2.45, 2.75) is 72.6 Å². The van der Waals surface area contributed by atoms with Crippen molar-refractivity contribution in [2.75, 3.05) is 0 Å². The summed E-state index contributed by atoms with van der Waals surface area (Å²) in [4.78, 5) is 6.98. The standard InChI is InChI=1S/C35H31F6N3O.C3H8/c1-2-19-44-31(32(25-9-5-3-6-10-25)42-33(44)26-11-7-4-8-12-26)23-43(21-24-13-17-29(18-14-24)45-34(37)38)22-27-15-16-28(20-30(27)36)35(39,40)41;1-3-2/h3-18,20,34H,2,19,21-23H2,1H3;3H2,1-2H3. The molecule has 1 heterocycles. The molecule has 0 atom stereocenters. The SMILES string of the molecule is CCC.CCCn1c(-c2ccccc2)nc(-c2ccccc2)c1CN(Cc1ccc(OC(F)F)cc1)Cc1ccc(C(F)(F)F)cc1F. The van der Waals surface area contributed by atoms with Crippen LogP contribution in [0.25, 0.3) is 22.6 Å². The molecule has 48 heavy (non-hydrogen) atoms. The quantitative estimate of drug-likeness (QED) is 0.124. The number of benzene rings is 4. The van der Waals surface area contributed by atoms with Crippen LogP contribution in [0.5, 0.6) is 5.75 Å². The van der Waals surface area contributed by atoms with Crippen LogP contribution in [-0.2, 0) is 32.4 Å². The number of hydrogen-bond donors (Lipinski definition) is 0. The van der Waals surface area contributed by atoms with Crippen LogP contribution in [-0.4, -0.2) is 21.1 Å². The molecule has 0 aliphatic carbocycles. The van der Waals surface area contributed by atoms with Crippen molar-refractivity contribution in [3.05, 3.63) is 131 Å². The van der Waals surface area contributed by atoms with Crippen molar-refractivity contribution in [3.8, 4) is 28.4 Å². The Morgan fingerprint density at radius 3 is 1.92 bits per heavy atom. The van der Waals surface area contributed by atoms with Gasteiger partial charge >= 0.3 is 12.8 Å². The molecule has 1 aromatic heterocycles. The van der Waals surface area contributed by atoms with Gasteiger partial charge in [0.15, 0.2) is 0 Å². The molecule has 0 N–H and O–H groups in total. The molecule has 0 fully saturated rings. The smallest absolute Gasteiger partial charge is 0.416 e. The molecular weight excluding hydrogens is 628 g/mol. The highest BCUT2D eigenvalue weighted by Crippen LogP contribution is 2.33. The van der Waals surface area contributed by atoms with E-state index >= 15 is 4.39 Å². The maximum Gasteiger partial charge on any atom is 0.416 e. The average Bonchev–Trinajstić information content (AvgIpc) is 3.41. The zero-order chi connectivity index (χ0) is 34.7. The van der Waals surface area contributed by atoms with Gasteiger partial charge in [0, 0.05) is 42.9 Å². The van der Waals surface area contributed by atoms with Crippen LogP contribution in [0.4, 0.5) is 26.3 Å². The summed E-state index contributed by atoms with van der Waals surface area (Å²) in [5, 5.41) is 0. The number of imidazole rings is 1. The molecule has 5 rings (SSSR count). The molecule has 0 aliphatic rings. The number of rotatable bonds is 12. The third-order valence-electron chi connectivity index (χ3n) is 7.30. The van der Waals surface area contributed by atoms with Gasteiger partial charge in [0.25, 0.3) is 0 Å². The summed E-state index contributed by atoms with van der Waals surface area (Å²) in [5.41, 5.74) is 3.14. The maximum atomic E-state index is 15.1. The maximum absolute atomic E-state index is 15.1. The summed E-state index contributed by atoms with van der Waals surface area (Å²) in [5.74, 6) is -0.208. The molecule has 4 nitrogen and oxygen atoms in total. The van der Waals surface area contributed by atoms with Crippen LogP contribution in [0.1, 0.15) is 56.0 Å². The van der Waals surface area contributed by atoms with Gasteiger partial charge in [0.1, 0.15) is 17.4 Å². The third-order valence-corrected chi connectivity index (χ3v) is 7.30. The van der Waals surface area contributed by atoms with Gasteiger partial charge in [-0.3, -0.25) is 4.90 Å². The van der Waals surface area contributed by atoms with E-state index in [2.05, 4.69) is 30.1 Å². The fourth-order valence-corrected chi connectivity index (χ4v) is 5.25. The van der Waals surface area contributed by atoms with E-state index in [9.17, 15) is 22.0 Å². The predicted octanol–water partition coefficient (Wildman–Crippen LogP) is 11.0. The Morgan fingerprint density at radius 2 is 1.38 bits per heavy atom. The first-order valence-corrected chi connectivity index (χ1v) is 15.9. The number of aromatic nitrogens is 2. The second-order valence-corrected chi connectivity index (χ2v) is 11.3. The Balaban J connectivity index is 0.00000167. The van der Waals surface area contributed by atoms with E-state index in [0.717, 1.165) is 52.5 Å². The molecule has 4 aromatic carbocycles. The average molecular weight is 668 g/mol. The topological polar surface area (TPSA) is 30.3 Å². The first-order chi connectivity index (χ1) is 23.0. The van der Waals surface area contributed by atoms with Gasteiger partial charge in [0.05, 0.1) is 17.0 Å². The normalized spacial score (nSPS) is 11.5. The van der Waals surface area contributed by atoms with Crippen molar-refractivity contribution < 1.29 is 31.1 Å². The second kappa shape index (κ2) is 17.0. The first kappa shape index (κ1) is 36.3. The van der Waals surface area contributed by atoms with Crippen molar-refractivity contribution in [2.24, 2.45) is 0 Å². The summed E-state index contributed by atoms with van der Waals surface area (Å²) >= 11 is 0. The van der Waals surface area contributed by atoms with Crippen LogP contribution in [0.3, 0.4) is 0 Å². The molecule has 0 unspecified atom stereocenters. The van der Waals surface area contributed by atoms with Crippen molar-refractivity contribution in [1.29, 1.82) is 0 Å². The van der Waals surface area contributed by atoms with Gasteiger partial charge < -0.3 is 9.30 Å². The Morgan fingerprint density at radius 1 is 0.771 bits per heavy atom. The molecule has 254 valence electrons. The Labute approximate surface area is 277 Å². The third kappa shape index (κ3) is 9.73. The van der Waals surface area contributed by atoms with Crippen LogP contribution in [0.2, 0.25) is 0 Å². The number of hydrogen-bond acceptors (Lipinski definition) is 3. The van der Waals surface area contributed by atoms with Crippen molar-refractivity contribution in [3.63, 3.8) is 0 Å². The summed E-state index contributed by atoms with van der Waals surface area (Å²) < 4.78 is 87.0. The van der Waals surface area contributed by atoms with Crippen LogP contribution >= 0.6 is 0 Å². The summed E-state index contributed by atoms with van der Waals surface area (Å²) in [6.45, 7) is 4.46. The monoisotopic (exact) mass is 667 g/mol. The summed E-state index contributed by atoms with van der Waals surface area (Å²) in [6.07, 6.45) is -2.62. The van der Waals surface area contributed by atoms with Gasteiger partial charge in [-0.1, -0.05) is 106 Å². The van der Waals surface area contributed by atoms with E-state index in [1.54, 1.807) is 12.1 Å². The lowest BCUT2D eigenvalue weighted by Gasteiger charge is -2.25. The van der Waals surface area contributed by atoms with Crippen LogP contribution in [0.15, 0.2) is 103 Å². The summed E-state index contributed by atoms with van der Waals surface area (Å²) in [6, 6.07) is 28.0. The minimum atomic E-state index is -4.67. The lowest BCUT2D eigenvalue weighted by molar-refractivity contribution is -0.137. The zero-order valence-electron chi connectivity index (χ0n) is 27.2.